The number of amides is 1. The molecule has 1 aliphatic heterocycles. The lowest BCUT2D eigenvalue weighted by Gasteiger charge is -2.22. The van der Waals surface area contributed by atoms with Gasteiger partial charge in [0, 0.05) is 24.4 Å². The lowest BCUT2D eigenvalue weighted by atomic mass is 9.99. The molecule has 0 spiro atoms. The molecule has 4 heterocycles. The van der Waals surface area contributed by atoms with Crippen LogP contribution in [-0.2, 0) is 0 Å². The Morgan fingerprint density at radius 3 is 2.32 bits per heavy atom. The van der Waals surface area contributed by atoms with Crippen molar-refractivity contribution in [3.63, 3.8) is 0 Å². The van der Waals surface area contributed by atoms with Gasteiger partial charge in [-0.3, -0.25) is 14.8 Å². The summed E-state index contributed by atoms with van der Waals surface area (Å²) in [6.45, 7) is 0. The fourth-order valence-electron chi connectivity index (χ4n) is 3.61. The number of hydrogen-bond donors (Lipinski definition) is 1. The molecule has 0 saturated heterocycles. The molecule has 1 amide bonds. The van der Waals surface area contributed by atoms with Gasteiger partial charge in [0.15, 0.2) is 0 Å². The number of nitrogens with zero attached hydrogens (tertiary/aromatic N) is 4. The van der Waals surface area contributed by atoms with E-state index < -0.39 is 6.04 Å². The summed E-state index contributed by atoms with van der Waals surface area (Å²) in [6, 6.07) is 21.6. The zero-order chi connectivity index (χ0) is 21.2. The summed E-state index contributed by atoms with van der Waals surface area (Å²) in [5.74, 6) is -0.0745. The first-order valence-corrected chi connectivity index (χ1v) is 10.6. The molecule has 1 aromatic carbocycles. The van der Waals surface area contributed by atoms with Gasteiger partial charge in [-0.2, -0.15) is 5.10 Å². The minimum atomic E-state index is -0.411. The van der Waals surface area contributed by atoms with E-state index in [1.807, 2.05) is 54.6 Å². The summed E-state index contributed by atoms with van der Waals surface area (Å²) < 4.78 is 0. The van der Waals surface area contributed by atoms with Gasteiger partial charge in [-0.15, -0.1) is 11.3 Å². The summed E-state index contributed by atoms with van der Waals surface area (Å²) in [4.78, 5) is 23.7. The van der Waals surface area contributed by atoms with E-state index in [-0.39, 0.29) is 11.7 Å². The molecule has 0 saturated carbocycles. The summed E-state index contributed by atoms with van der Waals surface area (Å²) in [5.41, 5.74) is 2.91. The van der Waals surface area contributed by atoms with Crippen molar-refractivity contribution in [1.29, 1.82) is 0 Å². The normalized spacial score (nSPS) is 15.7. The van der Waals surface area contributed by atoms with Gasteiger partial charge in [-0.05, 0) is 42.5 Å². The van der Waals surface area contributed by atoms with Crippen molar-refractivity contribution >= 4 is 23.0 Å². The first-order valence-electron chi connectivity index (χ1n) is 9.82. The molecule has 5 rings (SSSR count). The molecule has 152 valence electrons. The number of para-hydroxylation sites is 1. The van der Waals surface area contributed by atoms with E-state index in [0.717, 1.165) is 16.3 Å². The fraction of sp³-hybridized carbons (Fsp3) is 0.0833. The molecule has 0 bridgehead atoms. The molecule has 0 radical (unpaired) electrons. The van der Waals surface area contributed by atoms with Crippen LogP contribution in [0, 0.1) is 0 Å². The maximum atomic E-state index is 13.5. The Labute approximate surface area is 183 Å². The molecular weight excluding hydrogens is 408 g/mol. The Hall–Kier alpha value is -3.84. The standard InChI is InChI=1S/C24H18N4O2S/c29-21-10-2-1-7-16(21)20-15-19(17-8-3-5-13-25-17)27-28(20)24(30)23-12-11-22(31-23)18-9-4-6-14-26-18/h1-14,20,29H,15H2. The van der Waals surface area contributed by atoms with Crippen LogP contribution in [0.2, 0.25) is 0 Å². The first-order chi connectivity index (χ1) is 15.2. The van der Waals surface area contributed by atoms with E-state index in [1.54, 1.807) is 30.6 Å². The Morgan fingerprint density at radius 2 is 1.61 bits per heavy atom. The van der Waals surface area contributed by atoms with E-state index in [1.165, 1.54) is 16.3 Å². The van der Waals surface area contributed by atoms with Crippen LogP contribution >= 0.6 is 11.3 Å². The Balaban J connectivity index is 1.52. The summed E-state index contributed by atoms with van der Waals surface area (Å²) >= 11 is 1.38. The summed E-state index contributed by atoms with van der Waals surface area (Å²) in [5, 5.41) is 16.5. The maximum Gasteiger partial charge on any atom is 0.284 e. The van der Waals surface area contributed by atoms with Gasteiger partial charge in [0.1, 0.15) is 5.75 Å². The van der Waals surface area contributed by atoms with Crippen molar-refractivity contribution in [2.24, 2.45) is 5.10 Å². The molecular formula is C24H18N4O2S. The van der Waals surface area contributed by atoms with E-state index in [2.05, 4.69) is 15.1 Å². The molecule has 6 nitrogen and oxygen atoms in total. The summed E-state index contributed by atoms with van der Waals surface area (Å²) in [7, 11) is 0. The van der Waals surface area contributed by atoms with Gasteiger partial charge in [0.25, 0.3) is 5.91 Å². The highest BCUT2D eigenvalue weighted by atomic mass is 32.1. The third-order valence-corrected chi connectivity index (χ3v) is 6.20. The predicted molar refractivity (Wildman–Crippen MR) is 120 cm³/mol. The monoisotopic (exact) mass is 426 g/mol. The van der Waals surface area contributed by atoms with Crippen LogP contribution in [0.25, 0.3) is 10.6 Å². The zero-order valence-corrected chi connectivity index (χ0v) is 17.2. The topological polar surface area (TPSA) is 78.7 Å². The molecule has 1 atom stereocenters. The highest BCUT2D eigenvalue weighted by Gasteiger charge is 2.36. The minimum absolute atomic E-state index is 0.142. The third kappa shape index (κ3) is 3.71. The van der Waals surface area contributed by atoms with E-state index >= 15 is 0 Å². The minimum Gasteiger partial charge on any atom is -0.508 e. The van der Waals surface area contributed by atoms with Gasteiger partial charge < -0.3 is 5.11 Å². The lowest BCUT2D eigenvalue weighted by Crippen LogP contribution is -2.26. The highest BCUT2D eigenvalue weighted by molar-refractivity contribution is 7.17. The second kappa shape index (κ2) is 8.12. The second-order valence-corrected chi connectivity index (χ2v) is 8.15. The number of rotatable bonds is 4. The van der Waals surface area contributed by atoms with Crippen molar-refractivity contribution in [1.82, 2.24) is 15.0 Å². The van der Waals surface area contributed by atoms with Crippen LogP contribution in [0.5, 0.6) is 5.75 Å². The number of pyridine rings is 2. The third-order valence-electron chi connectivity index (χ3n) is 5.11. The van der Waals surface area contributed by atoms with Crippen molar-refractivity contribution in [2.75, 3.05) is 0 Å². The number of hydrazone groups is 1. The Morgan fingerprint density at radius 1 is 0.903 bits per heavy atom. The number of carbonyl (C=O) groups excluding carboxylic acids is 1. The van der Waals surface area contributed by atoms with Crippen molar-refractivity contribution in [3.8, 4) is 16.3 Å². The molecule has 4 aromatic rings. The largest absolute Gasteiger partial charge is 0.508 e. The first kappa shape index (κ1) is 19.1. The molecule has 3 aromatic heterocycles. The molecule has 0 aliphatic carbocycles. The van der Waals surface area contributed by atoms with Crippen molar-refractivity contribution in [3.05, 3.63) is 101 Å². The van der Waals surface area contributed by atoms with Crippen LogP contribution in [0.1, 0.15) is 33.4 Å². The fourth-order valence-corrected chi connectivity index (χ4v) is 4.52. The zero-order valence-electron chi connectivity index (χ0n) is 16.4. The number of hydrogen-bond acceptors (Lipinski definition) is 6. The van der Waals surface area contributed by atoms with Gasteiger partial charge in [-0.1, -0.05) is 30.3 Å². The molecule has 1 unspecified atom stereocenters. The molecule has 1 N–H and O–H groups in total. The Bertz CT molecular complexity index is 1250. The number of benzene rings is 1. The van der Waals surface area contributed by atoms with Gasteiger partial charge in [0.05, 0.1) is 32.9 Å². The number of phenolic OH excluding ortho intramolecular Hbond substituents is 1. The number of aromatic hydroxyl groups is 1. The average molecular weight is 427 g/mol. The van der Waals surface area contributed by atoms with Crippen LogP contribution in [0.3, 0.4) is 0 Å². The molecule has 7 heteroatoms. The number of phenols is 1. The quantitative estimate of drug-likeness (QED) is 0.503. The Kier molecular flexibility index (Phi) is 5.01. The van der Waals surface area contributed by atoms with Gasteiger partial charge in [0.2, 0.25) is 0 Å². The average Bonchev–Trinajstić information content (AvgIpc) is 3.48. The predicted octanol–water partition coefficient (Wildman–Crippen LogP) is 4.90. The van der Waals surface area contributed by atoms with Crippen LogP contribution in [0.4, 0.5) is 0 Å². The van der Waals surface area contributed by atoms with Gasteiger partial charge in [-0.25, -0.2) is 5.01 Å². The number of aromatic nitrogens is 2. The van der Waals surface area contributed by atoms with Crippen LogP contribution in [0.15, 0.2) is 90.3 Å². The van der Waals surface area contributed by atoms with E-state index in [0.29, 0.717) is 22.6 Å². The second-order valence-electron chi connectivity index (χ2n) is 7.07. The van der Waals surface area contributed by atoms with Crippen molar-refractivity contribution < 1.29 is 9.90 Å². The summed E-state index contributed by atoms with van der Waals surface area (Å²) in [6.07, 6.45) is 3.91. The molecule has 31 heavy (non-hydrogen) atoms. The number of thiophene rings is 1. The highest BCUT2D eigenvalue weighted by Crippen LogP contribution is 2.38. The molecule has 0 fully saturated rings. The van der Waals surface area contributed by atoms with E-state index in [4.69, 9.17) is 0 Å². The maximum absolute atomic E-state index is 13.5. The number of carbonyl (C=O) groups is 1. The van der Waals surface area contributed by atoms with E-state index in [9.17, 15) is 9.90 Å². The van der Waals surface area contributed by atoms with Gasteiger partial charge >= 0.3 is 0 Å². The SMILES string of the molecule is O=C(c1ccc(-c2ccccn2)s1)N1N=C(c2ccccn2)CC1c1ccccc1O. The molecule has 1 aliphatic rings. The van der Waals surface area contributed by atoms with Crippen LogP contribution in [-0.4, -0.2) is 31.7 Å². The smallest absolute Gasteiger partial charge is 0.284 e. The van der Waals surface area contributed by atoms with Crippen molar-refractivity contribution in [2.45, 2.75) is 12.5 Å². The lowest BCUT2D eigenvalue weighted by molar-refractivity contribution is 0.0714. The van der Waals surface area contributed by atoms with Crippen LogP contribution < -0.4 is 0 Å².